The van der Waals surface area contributed by atoms with Gasteiger partial charge in [0, 0.05) is 6.42 Å². The van der Waals surface area contributed by atoms with Gasteiger partial charge < -0.3 is 9.84 Å². The highest BCUT2D eigenvalue weighted by Crippen LogP contribution is 2.46. The molecule has 0 aromatic rings. The van der Waals surface area contributed by atoms with Gasteiger partial charge in [0.25, 0.3) is 0 Å². The lowest BCUT2D eigenvalue weighted by Crippen LogP contribution is -2.36. The average molecular weight is 318 g/mol. The Labute approximate surface area is 139 Å². The molecule has 2 aliphatic carbocycles. The van der Waals surface area contributed by atoms with Crippen LogP contribution in [0.3, 0.4) is 0 Å². The van der Waals surface area contributed by atoms with Gasteiger partial charge in [0.15, 0.2) is 0 Å². The maximum Gasteiger partial charge on any atom is 0.308 e. The van der Waals surface area contributed by atoms with Crippen LogP contribution in [0.25, 0.3) is 0 Å². The molecule has 1 fully saturated rings. The van der Waals surface area contributed by atoms with Crippen molar-refractivity contribution in [1.29, 1.82) is 0 Å². The number of ether oxygens (including phenoxy) is 1. The van der Waals surface area contributed by atoms with Crippen LogP contribution in [0, 0.1) is 29.6 Å². The number of carbonyl (C=O) groups is 1. The summed E-state index contributed by atoms with van der Waals surface area (Å²) in [6.07, 6.45) is 10.5. The van der Waals surface area contributed by atoms with Crippen molar-refractivity contribution in [3.8, 4) is 0 Å². The maximum absolute atomic E-state index is 11.5. The molecule has 0 radical (unpaired) electrons. The van der Waals surface area contributed by atoms with E-state index in [0.29, 0.717) is 36.0 Å². The highest BCUT2D eigenvalue weighted by molar-refractivity contribution is 5.70. The van der Waals surface area contributed by atoms with Crippen molar-refractivity contribution in [1.82, 2.24) is 0 Å². The van der Waals surface area contributed by atoms with Gasteiger partial charge in [-0.2, -0.15) is 0 Å². The molecule has 0 saturated carbocycles. The summed E-state index contributed by atoms with van der Waals surface area (Å²) in [6.45, 7) is 7.01. The van der Waals surface area contributed by atoms with Crippen LogP contribution in [0.4, 0.5) is 0 Å². The van der Waals surface area contributed by atoms with E-state index in [-0.39, 0.29) is 18.5 Å². The molecule has 7 atom stereocenters. The van der Waals surface area contributed by atoms with E-state index in [9.17, 15) is 9.90 Å². The largest absolute Gasteiger partial charge is 0.462 e. The number of hydrogen-bond acceptors (Lipinski definition) is 3. The smallest absolute Gasteiger partial charge is 0.308 e. The lowest BCUT2D eigenvalue weighted by Gasteiger charge is -2.43. The van der Waals surface area contributed by atoms with Crippen molar-refractivity contribution < 1.29 is 14.6 Å². The summed E-state index contributed by atoms with van der Waals surface area (Å²) in [4.78, 5) is 11.5. The molecule has 0 aromatic heterocycles. The minimum Gasteiger partial charge on any atom is -0.462 e. The molecule has 0 amide bonds. The summed E-state index contributed by atoms with van der Waals surface area (Å²) in [5.41, 5.74) is 1.51. The van der Waals surface area contributed by atoms with Crippen molar-refractivity contribution >= 4 is 5.97 Å². The highest BCUT2D eigenvalue weighted by Gasteiger charge is 2.38. The Hall–Kier alpha value is -1.09. The molecule has 0 aromatic carbocycles. The van der Waals surface area contributed by atoms with Crippen molar-refractivity contribution in [2.75, 3.05) is 0 Å². The number of rotatable bonds is 3. The van der Waals surface area contributed by atoms with Crippen LogP contribution in [-0.4, -0.2) is 23.3 Å². The molecule has 1 aliphatic heterocycles. The van der Waals surface area contributed by atoms with E-state index in [1.54, 1.807) is 0 Å². The van der Waals surface area contributed by atoms with Crippen LogP contribution >= 0.6 is 0 Å². The Balaban J connectivity index is 1.67. The average Bonchev–Trinajstić information content (AvgIpc) is 2.45. The maximum atomic E-state index is 11.5. The molecule has 3 heteroatoms. The molecule has 3 aliphatic rings. The molecule has 1 saturated heterocycles. The minimum atomic E-state index is -0.519. The molecular weight excluding hydrogens is 288 g/mol. The topological polar surface area (TPSA) is 46.5 Å². The van der Waals surface area contributed by atoms with Gasteiger partial charge in [-0.05, 0) is 54.4 Å². The molecule has 0 bridgehead atoms. The zero-order valence-electron chi connectivity index (χ0n) is 14.6. The predicted octanol–water partition coefficient (Wildman–Crippen LogP) is 3.87. The Kier molecular flexibility index (Phi) is 4.96. The molecule has 0 spiro atoms. The van der Waals surface area contributed by atoms with Gasteiger partial charge in [0.2, 0.25) is 0 Å². The van der Waals surface area contributed by atoms with Crippen LogP contribution in [0.15, 0.2) is 23.8 Å². The monoisotopic (exact) mass is 318 g/mol. The SMILES string of the molecule is CC1C=C2C=C[C@H](C)[C@H](CCC3C[C@@H](O)CC(=O)O3)[C@H]2C(C)C1. The summed E-state index contributed by atoms with van der Waals surface area (Å²) in [5, 5.41) is 9.78. The fraction of sp³-hybridized carbons (Fsp3) is 0.750. The zero-order chi connectivity index (χ0) is 16.6. The second kappa shape index (κ2) is 6.80. The second-order valence-electron chi connectivity index (χ2n) is 8.05. The lowest BCUT2D eigenvalue weighted by atomic mass is 9.62. The zero-order valence-corrected chi connectivity index (χ0v) is 14.6. The normalized spacial score (nSPS) is 43.6. The summed E-state index contributed by atoms with van der Waals surface area (Å²) < 4.78 is 5.43. The number of carbonyl (C=O) groups excluding carboxylic acids is 1. The van der Waals surface area contributed by atoms with Crippen molar-refractivity contribution in [3.05, 3.63) is 23.8 Å². The van der Waals surface area contributed by atoms with Gasteiger partial charge in [-0.15, -0.1) is 0 Å². The summed E-state index contributed by atoms with van der Waals surface area (Å²) >= 11 is 0. The fourth-order valence-electron chi connectivity index (χ4n) is 5.00. The van der Waals surface area contributed by atoms with E-state index in [1.807, 2.05) is 0 Å². The Bertz CT molecular complexity index is 507. The number of aliphatic hydroxyl groups excluding tert-OH is 1. The third-order valence-corrected chi connectivity index (χ3v) is 6.00. The highest BCUT2D eigenvalue weighted by atomic mass is 16.5. The molecule has 1 N–H and O–H groups in total. The molecule has 3 unspecified atom stereocenters. The van der Waals surface area contributed by atoms with Gasteiger partial charge >= 0.3 is 5.97 Å². The van der Waals surface area contributed by atoms with Crippen LogP contribution < -0.4 is 0 Å². The Morgan fingerprint density at radius 3 is 2.74 bits per heavy atom. The first kappa shape index (κ1) is 16.8. The van der Waals surface area contributed by atoms with E-state index in [4.69, 9.17) is 4.74 Å². The van der Waals surface area contributed by atoms with Crippen LogP contribution in [0.2, 0.25) is 0 Å². The van der Waals surface area contributed by atoms with E-state index in [2.05, 4.69) is 39.0 Å². The van der Waals surface area contributed by atoms with E-state index in [1.165, 1.54) is 12.0 Å². The number of aliphatic hydroxyl groups is 1. The van der Waals surface area contributed by atoms with Crippen molar-refractivity contribution in [2.24, 2.45) is 29.6 Å². The van der Waals surface area contributed by atoms with Crippen molar-refractivity contribution in [3.63, 3.8) is 0 Å². The Morgan fingerprint density at radius 2 is 2.00 bits per heavy atom. The van der Waals surface area contributed by atoms with Gasteiger partial charge in [0.05, 0.1) is 12.5 Å². The molecule has 1 heterocycles. The second-order valence-corrected chi connectivity index (χ2v) is 8.05. The van der Waals surface area contributed by atoms with E-state index in [0.717, 1.165) is 12.8 Å². The molecule has 3 nitrogen and oxygen atoms in total. The van der Waals surface area contributed by atoms with Crippen LogP contribution in [0.5, 0.6) is 0 Å². The first-order chi connectivity index (χ1) is 10.9. The summed E-state index contributed by atoms with van der Waals surface area (Å²) in [5.74, 6) is 2.95. The number of esters is 1. The number of hydrogen-bond donors (Lipinski definition) is 1. The van der Waals surface area contributed by atoms with Gasteiger partial charge in [-0.25, -0.2) is 0 Å². The van der Waals surface area contributed by atoms with Gasteiger partial charge in [-0.1, -0.05) is 39.0 Å². The number of cyclic esters (lactones) is 1. The first-order valence-corrected chi connectivity index (χ1v) is 9.21. The first-order valence-electron chi connectivity index (χ1n) is 9.21. The summed E-state index contributed by atoms with van der Waals surface area (Å²) in [6, 6.07) is 0. The number of allylic oxidation sites excluding steroid dienone is 4. The number of fused-ring (bicyclic) bond motifs is 1. The standard InChI is InChI=1S/C20H30O3/c1-12-8-14(3)20-15(9-12)5-4-13(2)18(20)7-6-17-10-16(21)11-19(22)23-17/h4-5,9,12-14,16-18,20-21H,6-8,10-11H2,1-3H3/t12?,13-,14?,16+,17?,18-,20-/m0/s1. The van der Waals surface area contributed by atoms with E-state index < -0.39 is 6.10 Å². The lowest BCUT2D eigenvalue weighted by molar-refractivity contribution is -0.160. The van der Waals surface area contributed by atoms with Crippen molar-refractivity contribution in [2.45, 2.75) is 65.1 Å². The minimum absolute atomic E-state index is 0.102. The van der Waals surface area contributed by atoms with Crippen LogP contribution in [-0.2, 0) is 9.53 Å². The molecular formula is C20H30O3. The molecule has 128 valence electrons. The molecule has 3 rings (SSSR count). The third kappa shape index (κ3) is 3.71. The fourth-order valence-corrected chi connectivity index (χ4v) is 5.00. The van der Waals surface area contributed by atoms with Crippen LogP contribution in [0.1, 0.15) is 52.9 Å². The summed E-state index contributed by atoms with van der Waals surface area (Å²) in [7, 11) is 0. The van der Waals surface area contributed by atoms with Gasteiger partial charge in [0.1, 0.15) is 6.10 Å². The predicted molar refractivity (Wildman–Crippen MR) is 90.7 cm³/mol. The Morgan fingerprint density at radius 1 is 1.22 bits per heavy atom. The quantitative estimate of drug-likeness (QED) is 0.803. The van der Waals surface area contributed by atoms with E-state index >= 15 is 0 Å². The molecule has 23 heavy (non-hydrogen) atoms. The van der Waals surface area contributed by atoms with Gasteiger partial charge in [-0.3, -0.25) is 4.79 Å². The third-order valence-electron chi connectivity index (χ3n) is 6.00.